The zero-order valence-corrected chi connectivity index (χ0v) is 33.7. The van der Waals surface area contributed by atoms with Crippen molar-refractivity contribution in [2.24, 2.45) is 16.5 Å². The lowest BCUT2D eigenvalue weighted by molar-refractivity contribution is -0.145. The molecule has 2 aliphatic heterocycles. The van der Waals surface area contributed by atoms with Crippen molar-refractivity contribution in [3.63, 3.8) is 0 Å². The number of ether oxygens (including phenoxy) is 1. The van der Waals surface area contributed by atoms with E-state index in [0.29, 0.717) is 35.7 Å². The first kappa shape index (κ1) is 41.7. The number of nitrogens with one attached hydrogen (secondary N) is 3. The molecule has 1 saturated carbocycles. The van der Waals surface area contributed by atoms with E-state index < -0.39 is 58.7 Å². The molecule has 0 radical (unpaired) electrons. The maximum Gasteiger partial charge on any atom is 0.290 e. The van der Waals surface area contributed by atoms with Crippen molar-refractivity contribution >= 4 is 46.7 Å². The number of ketones is 1. The third-order valence-electron chi connectivity index (χ3n) is 11.0. The molecule has 12 nitrogen and oxygen atoms in total. The summed E-state index contributed by atoms with van der Waals surface area (Å²) in [4.78, 5) is 77.1. The van der Waals surface area contributed by atoms with Crippen molar-refractivity contribution < 1.29 is 33.5 Å². The Balaban J connectivity index is 1.37. The number of oxime groups is 1. The second-order valence-electron chi connectivity index (χ2n) is 16.4. The standard InChI is InChI=1S/C42H56ClN5O7/c1-7-13-32(36(50)39(52)44-26(2)28-16-12-19-31(22-28)54-6)45-38(51)34-24-42(23-33(47-55-42)29-17-11-18-30(43)21-29)25-48(34)40(53)37(41(3,4)5)46-35(49)20-27-14-9-8-10-15-27/h11-12,16-19,21-22,26-27,32,34,37H,7-10,13-15,20,23-25H2,1-6H3,(H,44,52)(H,45,51)(H,46,49)/t26?,32-,34-,37+,42+/m0/s1. The monoisotopic (exact) mass is 777 g/mol. The average molecular weight is 778 g/mol. The number of carbonyl (C=O) groups is 5. The summed E-state index contributed by atoms with van der Waals surface area (Å²) in [6, 6.07) is 10.7. The summed E-state index contributed by atoms with van der Waals surface area (Å²) in [5, 5.41) is 13.5. The fourth-order valence-corrected chi connectivity index (χ4v) is 8.08. The second kappa shape index (κ2) is 18.0. The fraction of sp³-hybridized carbons (Fsp3) is 0.571. The van der Waals surface area contributed by atoms with Crippen LogP contribution >= 0.6 is 11.6 Å². The molecule has 5 rings (SSSR count). The molecule has 5 atom stereocenters. The van der Waals surface area contributed by atoms with Gasteiger partial charge in [0.2, 0.25) is 23.5 Å². The van der Waals surface area contributed by atoms with E-state index in [1.165, 1.54) is 11.3 Å². The number of Topliss-reactive ketones (excluding diaryl/α,β-unsaturated/α-hetero) is 1. The average Bonchev–Trinajstić information content (AvgIpc) is 3.76. The zero-order chi connectivity index (χ0) is 39.9. The molecule has 1 saturated heterocycles. The number of hydrogen-bond donors (Lipinski definition) is 3. The largest absolute Gasteiger partial charge is 0.497 e. The molecule has 1 spiro atoms. The Morgan fingerprint density at radius 3 is 2.42 bits per heavy atom. The number of nitrogens with zero attached hydrogens (tertiary/aromatic N) is 2. The van der Waals surface area contributed by atoms with Gasteiger partial charge in [0.25, 0.3) is 5.91 Å². The van der Waals surface area contributed by atoms with Crippen molar-refractivity contribution in [3.05, 3.63) is 64.7 Å². The molecule has 2 fully saturated rings. The molecule has 13 heteroatoms. The third-order valence-corrected chi connectivity index (χ3v) is 11.2. The predicted octanol–water partition coefficient (Wildman–Crippen LogP) is 6.05. The van der Waals surface area contributed by atoms with Crippen LogP contribution in [0.1, 0.15) is 116 Å². The van der Waals surface area contributed by atoms with E-state index in [4.69, 9.17) is 21.2 Å². The van der Waals surface area contributed by atoms with Crippen LogP contribution in [0.15, 0.2) is 53.7 Å². The minimum absolute atomic E-state index is 0.0213. The van der Waals surface area contributed by atoms with E-state index in [1.807, 2.05) is 45.9 Å². The van der Waals surface area contributed by atoms with Gasteiger partial charge in [0.05, 0.1) is 31.4 Å². The molecule has 1 aliphatic carbocycles. The van der Waals surface area contributed by atoms with Gasteiger partial charge in [0, 0.05) is 29.8 Å². The lowest BCUT2D eigenvalue weighted by Crippen LogP contribution is -2.59. The summed E-state index contributed by atoms with van der Waals surface area (Å²) in [6.45, 7) is 9.28. The van der Waals surface area contributed by atoms with Crippen molar-refractivity contribution in [1.82, 2.24) is 20.9 Å². The maximum absolute atomic E-state index is 14.7. The van der Waals surface area contributed by atoms with Crippen LogP contribution in [0, 0.1) is 11.3 Å². The molecule has 2 aromatic rings. The van der Waals surface area contributed by atoms with E-state index in [-0.39, 0.29) is 31.2 Å². The number of rotatable bonds is 14. The van der Waals surface area contributed by atoms with E-state index in [0.717, 1.165) is 36.8 Å². The van der Waals surface area contributed by atoms with Crippen LogP contribution in [-0.4, -0.2) is 77.4 Å². The summed E-state index contributed by atoms with van der Waals surface area (Å²) in [7, 11) is 1.55. The fourth-order valence-electron chi connectivity index (χ4n) is 7.89. The Morgan fingerprint density at radius 1 is 1.02 bits per heavy atom. The van der Waals surface area contributed by atoms with E-state index in [9.17, 15) is 24.0 Å². The molecule has 3 aliphatic rings. The first-order valence-electron chi connectivity index (χ1n) is 19.5. The van der Waals surface area contributed by atoms with E-state index in [2.05, 4.69) is 21.1 Å². The molecule has 2 heterocycles. The van der Waals surface area contributed by atoms with Crippen LogP contribution in [0.3, 0.4) is 0 Å². The van der Waals surface area contributed by atoms with Crippen molar-refractivity contribution in [1.29, 1.82) is 0 Å². The smallest absolute Gasteiger partial charge is 0.290 e. The predicted molar refractivity (Wildman–Crippen MR) is 211 cm³/mol. The first-order chi connectivity index (χ1) is 26.1. The summed E-state index contributed by atoms with van der Waals surface area (Å²) >= 11 is 6.28. The van der Waals surface area contributed by atoms with Crippen LogP contribution in [-0.2, 0) is 28.8 Å². The third kappa shape index (κ3) is 10.4. The SMILES string of the molecule is CCC[C@H](NC(=O)[C@@H]1C[C@]2(CC(c3cccc(Cl)c3)=NO2)CN1C(=O)[C@@H](NC(=O)CC1CCCCC1)C(C)(C)C)C(=O)C(=O)NC(C)c1cccc(OC)c1. The van der Waals surface area contributed by atoms with Crippen LogP contribution < -0.4 is 20.7 Å². The molecular weight excluding hydrogens is 722 g/mol. The van der Waals surface area contributed by atoms with Gasteiger partial charge < -0.3 is 30.4 Å². The summed E-state index contributed by atoms with van der Waals surface area (Å²) in [5.41, 5.74) is 0.396. The molecule has 1 unspecified atom stereocenters. The molecule has 3 N–H and O–H groups in total. The van der Waals surface area contributed by atoms with Crippen molar-refractivity contribution in [3.8, 4) is 5.75 Å². The van der Waals surface area contributed by atoms with Crippen molar-refractivity contribution in [2.45, 2.75) is 129 Å². The minimum Gasteiger partial charge on any atom is -0.497 e. The highest BCUT2D eigenvalue weighted by Crippen LogP contribution is 2.40. The molecule has 0 bridgehead atoms. The van der Waals surface area contributed by atoms with E-state index >= 15 is 0 Å². The normalized spacial score (nSPS) is 21.5. The molecule has 4 amide bonds. The van der Waals surface area contributed by atoms with Crippen LogP contribution in [0.25, 0.3) is 0 Å². The molecular formula is C42H56ClN5O7. The Bertz CT molecular complexity index is 1770. The number of benzene rings is 2. The highest BCUT2D eigenvalue weighted by atomic mass is 35.5. The first-order valence-corrected chi connectivity index (χ1v) is 19.9. The van der Waals surface area contributed by atoms with E-state index in [1.54, 1.807) is 44.4 Å². The molecule has 55 heavy (non-hydrogen) atoms. The summed E-state index contributed by atoms with van der Waals surface area (Å²) in [6.07, 6.45) is 6.76. The van der Waals surface area contributed by atoms with Gasteiger partial charge in [-0.25, -0.2) is 0 Å². The van der Waals surface area contributed by atoms with Gasteiger partial charge in [-0.2, -0.15) is 0 Å². The van der Waals surface area contributed by atoms with Crippen molar-refractivity contribution in [2.75, 3.05) is 13.7 Å². The van der Waals surface area contributed by atoms with Crippen LogP contribution in [0.4, 0.5) is 0 Å². The lowest BCUT2D eigenvalue weighted by Gasteiger charge is -2.36. The van der Waals surface area contributed by atoms with Gasteiger partial charge in [-0.1, -0.05) is 94.4 Å². The molecule has 0 aromatic heterocycles. The number of halogens is 1. The second-order valence-corrected chi connectivity index (χ2v) is 16.9. The highest BCUT2D eigenvalue weighted by molar-refractivity contribution is 6.38. The Labute approximate surface area is 329 Å². The van der Waals surface area contributed by atoms with Gasteiger partial charge in [-0.15, -0.1) is 0 Å². The van der Waals surface area contributed by atoms with Crippen LogP contribution in [0.2, 0.25) is 5.02 Å². The minimum atomic E-state index is -1.14. The molecule has 298 valence electrons. The van der Waals surface area contributed by atoms with Gasteiger partial charge in [0.15, 0.2) is 5.60 Å². The zero-order valence-electron chi connectivity index (χ0n) is 32.9. The lowest BCUT2D eigenvalue weighted by atomic mass is 9.84. The number of hydrogen-bond acceptors (Lipinski definition) is 8. The Hall–Kier alpha value is -4.45. The van der Waals surface area contributed by atoms with Gasteiger partial charge in [0.1, 0.15) is 17.8 Å². The quantitative estimate of drug-likeness (QED) is 0.198. The van der Waals surface area contributed by atoms with Crippen LogP contribution in [0.5, 0.6) is 5.75 Å². The number of likely N-dealkylation sites (tertiary alicyclic amines) is 1. The topological polar surface area (TPSA) is 155 Å². The molecule has 2 aromatic carbocycles. The number of methoxy groups -OCH3 is 1. The Kier molecular flexibility index (Phi) is 13.7. The summed E-state index contributed by atoms with van der Waals surface area (Å²) in [5.74, 6) is -1.95. The van der Waals surface area contributed by atoms with Gasteiger partial charge in [-0.05, 0) is 67.3 Å². The van der Waals surface area contributed by atoms with Gasteiger partial charge >= 0.3 is 0 Å². The summed E-state index contributed by atoms with van der Waals surface area (Å²) < 4.78 is 5.30. The maximum atomic E-state index is 14.7. The number of amides is 4. The number of carbonyl (C=O) groups excluding carboxylic acids is 5. The van der Waals surface area contributed by atoms with Gasteiger partial charge in [-0.3, -0.25) is 24.0 Å². The highest BCUT2D eigenvalue weighted by Gasteiger charge is 2.55. The Morgan fingerprint density at radius 2 is 1.75 bits per heavy atom.